The van der Waals surface area contributed by atoms with Crippen molar-refractivity contribution in [1.82, 2.24) is 0 Å². The number of benzene rings is 2. The summed E-state index contributed by atoms with van der Waals surface area (Å²) >= 11 is 0. The lowest BCUT2D eigenvalue weighted by molar-refractivity contribution is 0.223. The van der Waals surface area contributed by atoms with Gasteiger partial charge in [-0.05, 0) is 36.8 Å². The van der Waals surface area contributed by atoms with Crippen molar-refractivity contribution in [3.8, 4) is 5.75 Å². The summed E-state index contributed by atoms with van der Waals surface area (Å²) in [5.74, 6) is -1.27. The van der Waals surface area contributed by atoms with Crippen molar-refractivity contribution in [2.75, 3.05) is 19.0 Å². The molecule has 2 rings (SSSR count). The van der Waals surface area contributed by atoms with Crippen LogP contribution in [-0.2, 0) is 5.54 Å². The van der Waals surface area contributed by atoms with Crippen LogP contribution in [0.4, 0.5) is 14.5 Å². The normalized spacial score (nSPS) is 13.6. The van der Waals surface area contributed by atoms with Gasteiger partial charge in [-0.3, -0.25) is 0 Å². The van der Waals surface area contributed by atoms with Gasteiger partial charge in [-0.15, -0.1) is 0 Å². The van der Waals surface area contributed by atoms with E-state index < -0.39 is 17.2 Å². The molecule has 0 aliphatic heterocycles. The van der Waals surface area contributed by atoms with Crippen LogP contribution in [0.1, 0.15) is 12.5 Å². The van der Waals surface area contributed by atoms with E-state index in [9.17, 15) is 13.9 Å². The molecule has 0 saturated heterocycles. The fourth-order valence-corrected chi connectivity index (χ4v) is 2.09. The highest BCUT2D eigenvalue weighted by Crippen LogP contribution is 2.31. The molecule has 1 unspecified atom stereocenters. The van der Waals surface area contributed by atoms with Crippen LogP contribution in [0, 0.1) is 11.6 Å². The van der Waals surface area contributed by atoms with Crippen molar-refractivity contribution >= 4 is 5.69 Å². The highest BCUT2D eigenvalue weighted by molar-refractivity contribution is 5.58. The fourth-order valence-electron chi connectivity index (χ4n) is 2.09. The number of methoxy groups -OCH3 is 1. The third kappa shape index (κ3) is 3.13. The zero-order valence-electron chi connectivity index (χ0n) is 11.9. The second-order valence-corrected chi connectivity index (χ2v) is 4.94. The van der Waals surface area contributed by atoms with E-state index in [-0.39, 0.29) is 6.61 Å². The molecule has 0 saturated carbocycles. The molecule has 0 aliphatic rings. The van der Waals surface area contributed by atoms with Crippen molar-refractivity contribution in [2.45, 2.75) is 12.5 Å². The van der Waals surface area contributed by atoms with Crippen molar-refractivity contribution in [1.29, 1.82) is 0 Å². The van der Waals surface area contributed by atoms with Gasteiger partial charge in [0.25, 0.3) is 0 Å². The second kappa shape index (κ2) is 6.10. The van der Waals surface area contributed by atoms with Crippen LogP contribution in [0.3, 0.4) is 0 Å². The van der Waals surface area contributed by atoms with Gasteiger partial charge in [0.2, 0.25) is 0 Å². The number of halogens is 2. The third-order valence-corrected chi connectivity index (χ3v) is 3.39. The Morgan fingerprint density at radius 1 is 1.14 bits per heavy atom. The Hall–Kier alpha value is -2.14. The lowest BCUT2D eigenvalue weighted by Crippen LogP contribution is -2.36. The Labute approximate surface area is 122 Å². The molecule has 0 spiro atoms. The van der Waals surface area contributed by atoms with Gasteiger partial charge >= 0.3 is 0 Å². The maximum absolute atomic E-state index is 13.4. The van der Waals surface area contributed by atoms with Crippen LogP contribution < -0.4 is 10.1 Å². The molecule has 0 bridgehead atoms. The molecule has 2 aromatic rings. The first kappa shape index (κ1) is 15.3. The van der Waals surface area contributed by atoms with Crippen LogP contribution in [0.2, 0.25) is 0 Å². The number of para-hydroxylation sites is 2. The summed E-state index contributed by atoms with van der Waals surface area (Å²) in [5, 5.41) is 12.8. The van der Waals surface area contributed by atoms with Crippen molar-refractivity contribution in [3.63, 3.8) is 0 Å². The Balaban J connectivity index is 2.39. The van der Waals surface area contributed by atoms with Gasteiger partial charge in [0.15, 0.2) is 11.6 Å². The van der Waals surface area contributed by atoms with Crippen molar-refractivity contribution in [2.24, 2.45) is 0 Å². The van der Waals surface area contributed by atoms with E-state index in [4.69, 9.17) is 4.74 Å². The standard InChI is InChI=1S/C16H17F2NO2/c1-16(10-20,11-7-8-12(17)13(18)9-11)19-14-5-3-4-6-15(14)21-2/h3-9,19-20H,10H2,1-2H3. The van der Waals surface area contributed by atoms with Crippen LogP contribution >= 0.6 is 0 Å². The van der Waals surface area contributed by atoms with E-state index in [0.717, 1.165) is 12.1 Å². The Kier molecular flexibility index (Phi) is 4.43. The maximum atomic E-state index is 13.4. The molecule has 0 heterocycles. The molecular weight excluding hydrogens is 276 g/mol. The van der Waals surface area contributed by atoms with Crippen molar-refractivity contribution in [3.05, 3.63) is 59.7 Å². The molecule has 112 valence electrons. The summed E-state index contributed by atoms with van der Waals surface area (Å²) in [6.07, 6.45) is 0. The predicted octanol–water partition coefficient (Wildman–Crippen LogP) is 3.29. The van der Waals surface area contributed by atoms with Crippen LogP contribution in [0.25, 0.3) is 0 Å². The van der Waals surface area contributed by atoms with E-state index in [1.165, 1.54) is 13.2 Å². The fraction of sp³-hybridized carbons (Fsp3) is 0.250. The third-order valence-electron chi connectivity index (χ3n) is 3.39. The average Bonchev–Trinajstić information content (AvgIpc) is 2.50. The number of ether oxygens (including phenoxy) is 1. The van der Waals surface area contributed by atoms with Gasteiger partial charge in [-0.25, -0.2) is 8.78 Å². The molecule has 0 aliphatic carbocycles. The van der Waals surface area contributed by atoms with E-state index in [1.807, 2.05) is 12.1 Å². The maximum Gasteiger partial charge on any atom is 0.159 e. The molecule has 3 nitrogen and oxygen atoms in total. The molecule has 2 N–H and O–H groups in total. The molecule has 21 heavy (non-hydrogen) atoms. The molecule has 0 fully saturated rings. The van der Waals surface area contributed by atoms with E-state index >= 15 is 0 Å². The smallest absolute Gasteiger partial charge is 0.159 e. The van der Waals surface area contributed by atoms with Gasteiger partial charge < -0.3 is 15.2 Å². The minimum absolute atomic E-state index is 0.296. The Morgan fingerprint density at radius 3 is 2.48 bits per heavy atom. The number of hydrogen-bond donors (Lipinski definition) is 2. The topological polar surface area (TPSA) is 41.5 Å². The van der Waals surface area contributed by atoms with Crippen LogP contribution in [0.5, 0.6) is 5.75 Å². The second-order valence-electron chi connectivity index (χ2n) is 4.94. The highest BCUT2D eigenvalue weighted by atomic mass is 19.2. The first-order chi connectivity index (χ1) is 10.00. The molecule has 0 amide bonds. The summed E-state index contributed by atoms with van der Waals surface area (Å²) in [6.45, 7) is 1.40. The first-order valence-electron chi connectivity index (χ1n) is 6.48. The summed E-state index contributed by atoms with van der Waals surface area (Å²) in [7, 11) is 1.54. The number of nitrogens with one attached hydrogen (secondary N) is 1. The monoisotopic (exact) mass is 293 g/mol. The molecule has 5 heteroatoms. The Bertz CT molecular complexity index is 633. The summed E-state index contributed by atoms with van der Waals surface area (Å²) < 4.78 is 31.7. The number of rotatable bonds is 5. The Morgan fingerprint density at radius 2 is 1.86 bits per heavy atom. The highest BCUT2D eigenvalue weighted by Gasteiger charge is 2.27. The molecule has 2 aromatic carbocycles. The molecule has 0 radical (unpaired) electrons. The van der Waals surface area contributed by atoms with Gasteiger partial charge in [-0.2, -0.15) is 0 Å². The number of aliphatic hydroxyl groups is 1. The number of hydrogen-bond acceptors (Lipinski definition) is 3. The summed E-state index contributed by atoms with van der Waals surface area (Å²) in [6, 6.07) is 10.7. The van der Waals surface area contributed by atoms with Gasteiger partial charge in [0.05, 0.1) is 24.9 Å². The minimum Gasteiger partial charge on any atom is -0.495 e. The summed E-state index contributed by atoms with van der Waals surface area (Å²) in [4.78, 5) is 0. The number of anilines is 1. The van der Waals surface area contributed by atoms with Gasteiger partial charge in [0, 0.05) is 0 Å². The van der Waals surface area contributed by atoms with E-state index in [0.29, 0.717) is 17.0 Å². The minimum atomic E-state index is -0.969. The quantitative estimate of drug-likeness (QED) is 0.889. The van der Waals surface area contributed by atoms with Crippen LogP contribution in [0.15, 0.2) is 42.5 Å². The predicted molar refractivity (Wildman–Crippen MR) is 77.4 cm³/mol. The van der Waals surface area contributed by atoms with Crippen molar-refractivity contribution < 1.29 is 18.6 Å². The summed E-state index contributed by atoms with van der Waals surface area (Å²) in [5.41, 5.74) is 0.125. The lowest BCUT2D eigenvalue weighted by atomic mass is 9.92. The molecule has 0 aromatic heterocycles. The largest absolute Gasteiger partial charge is 0.495 e. The first-order valence-corrected chi connectivity index (χ1v) is 6.48. The van der Waals surface area contributed by atoms with Gasteiger partial charge in [-0.1, -0.05) is 18.2 Å². The molecule has 1 atom stereocenters. The van der Waals surface area contributed by atoms with E-state index in [2.05, 4.69) is 5.32 Å². The van der Waals surface area contributed by atoms with Crippen LogP contribution in [-0.4, -0.2) is 18.8 Å². The number of aliphatic hydroxyl groups excluding tert-OH is 1. The SMILES string of the molecule is COc1ccccc1NC(C)(CO)c1ccc(F)c(F)c1. The lowest BCUT2D eigenvalue weighted by Gasteiger charge is -2.31. The van der Waals surface area contributed by atoms with Gasteiger partial charge in [0.1, 0.15) is 5.75 Å². The zero-order valence-corrected chi connectivity index (χ0v) is 11.9. The average molecular weight is 293 g/mol. The molecular formula is C16H17F2NO2. The van der Waals surface area contributed by atoms with E-state index in [1.54, 1.807) is 19.1 Å². The zero-order chi connectivity index (χ0) is 15.5.